The van der Waals surface area contributed by atoms with Crippen LogP contribution in [-0.4, -0.2) is 0 Å². The Balaban J connectivity index is 0.000000810. The minimum absolute atomic E-state index is 0. The molecule has 0 spiro atoms. The molecule has 1 aliphatic carbocycles. The Hall–Kier alpha value is 0.193. The first-order valence-corrected chi connectivity index (χ1v) is 3.15. The summed E-state index contributed by atoms with van der Waals surface area (Å²) in [6.45, 7) is 1.77. The summed E-state index contributed by atoms with van der Waals surface area (Å²) in [4.78, 5) is 0. The van der Waals surface area contributed by atoms with E-state index in [1.54, 1.807) is 19.1 Å². The van der Waals surface area contributed by atoms with E-state index in [0.29, 0.717) is 5.03 Å². The van der Waals surface area contributed by atoms with E-state index >= 15 is 0 Å². The van der Waals surface area contributed by atoms with Crippen molar-refractivity contribution in [3.05, 3.63) is 29.4 Å². The Morgan fingerprint density at radius 3 is 2.70 bits per heavy atom. The zero-order valence-corrected chi connectivity index (χ0v) is 9.50. The largest absolute Gasteiger partial charge is 0.324 e. The second kappa shape index (κ2) is 4.15. The molecular weight excluding hydrogens is 204 g/mol. The van der Waals surface area contributed by atoms with Crippen molar-refractivity contribution >= 4 is 11.6 Å². The average Bonchev–Trinajstić information content (AvgIpc) is 1.80. The molecule has 0 aromatic carbocycles. The average molecular weight is 211 g/mol. The number of hydrogen-bond acceptors (Lipinski definition) is 0. The van der Waals surface area contributed by atoms with Gasteiger partial charge in [-0.1, -0.05) is 13.0 Å². The van der Waals surface area contributed by atoms with Crippen molar-refractivity contribution in [1.29, 1.82) is 0 Å². The number of allylic oxidation sites excluding steroid dienone is 4. The number of rotatable bonds is 0. The second-order valence-corrected chi connectivity index (χ2v) is 2.49. The first kappa shape index (κ1) is 10.2. The summed E-state index contributed by atoms with van der Waals surface area (Å²) < 4.78 is 12.5. The monoisotopic (exact) mass is 209 g/mol. The van der Waals surface area contributed by atoms with Crippen LogP contribution in [0.4, 0.5) is 4.39 Å². The maximum absolute atomic E-state index is 12.5. The molecule has 0 amide bonds. The zero-order valence-electron chi connectivity index (χ0n) is 5.77. The zero-order chi connectivity index (χ0) is 6.85. The molecule has 0 radical (unpaired) electrons. The Bertz CT molecular complexity index is 165. The minimum Gasteiger partial charge on any atom is -0.324 e. The number of hydrogen-bond donors (Lipinski definition) is 0. The van der Waals surface area contributed by atoms with E-state index in [2.05, 4.69) is 0 Å². The Morgan fingerprint density at radius 2 is 2.30 bits per heavy atom. The summed E-state index contributed by atoms with van der Waals surface area (Å²) in [6, 6.07) is 0. The van der Waals surface area contributed by atoms with Crippen LogP contribution in [0, 0.1) is 12.1 Å². The van der Waals surface area contributed by atoms with E-state index in [4.69, 9.17) is 11.6 Å². The molecule has 0 saturated heterocycles. The van der Waals surface area contributed by atoms with Crippen LogP contribution in [0.1, 0.15) is 6.92 Å². The van der Waals surface area contributed by atoms with E-state index in [-0.39, 0.29) is 31.6 Å². The van der Waals surface area contributed by atoms with Gasteiger partial charge >= 0.3 is 0 Å². The van der Waals surface area contributed by atoms with Gasteiger partial charge in [-0.15, -0.1) is 11.6 Å². The van der Waals surface area contributed by atoms with E-state index in [0.717, 1.165) is 0 Å². The molecule has 10 heavy (non-hydrogen) atoms. The van der Waals surface area contributed by atoms with Gasteiger partial charge in [-0.2, -0.15) is 12.2 Å². The van der Waals surface area contributed by atoms with Crippen molar-refractivity contribution < 1.29 is 23.9 Å². The Morgan fingerprint density at radius 1 is 1.70 bits per heavy atom. The molecule has 0 aliphatic heterocycles. The molecule has 1 atom stereocenters. The van der Waals surface area contributed by atoms with Crippen LogP contribution in [0.5, 0.6) is 0 Å². The fourth-order valence-corrected chi connectivity index (χ4v) is 0.937. The fraction of sp³-hybridized carbons (Fsp3) is 0.286. The molecular formula is C7H7ClFZn-. The van der Waals surface area contributed by atoms with Gasteiger partial charge in [0.15, 0.2) is 0 Å². The van der Waals surface area contributed by atoms with Crippen molar-refractivity contribution in [3.63, 3.8) is 0 Å². The van der Waals surface area contributed by atoms with Crippen LogP contribution >= 0.6 is 11.6 Å². The molecule has 0 aromatic rings. The molecule has 1 unspecified atom stereocenters. The van der Waals surface area contributed by atoms with E-state index in [9.17, 15) is 4.39 Å². The normalized spacial score (nSPS) is 23.7. The van der Waals surface area contributed by atoms with Crippen molar-refractivity contribution in [3.8, 4) is 0 Å². The second-order valence-electron chi connectivity index (χ2n) is 2.06. The van der Waals surface area contributed by atoms with Crippen LogP contribution in [0.2, 0.25) is 0 Å². The van der Waals surface area contributed by atoms with Crippen molar-refractivity contribution in [1.82, 2.24) is 0 Å². The van der Waals surface area contributed by atoms with E-state index < -0.39 is 0 Å². The maximum atomic E-state index is 12.5. The van der Waals surface area contributed by atoms with Gasteiger partial charge < -0.3 is 4.39 Å². The van der Waals surface area contributed by atoms with Gasteiger partial charge in [-0.3, -0.25) is 0 Å². The molecule has 52 valence electrons. The van der Waals surface area contributed by atoms with Gasteiger partial charge in [-0.05, 0) is 17.1 Å². The topological polar surface area (TPSA) is 0 Å². The minimum atomic E-state index is -0.150. The van der Waals surface area contributed by atoms with Gasteiger partial charge in [0.2, 0.25) is 0 Å². The molecule has 3 heteroatoms. The van der Waals surface area contributed by atoms with Crippen LogP contribution < -0.4 is 0 Å². The third-order valence-corrected chi connectivity index (χ3v) is 1.50. The Kier molecular flexibility index (Phi) is 4.23. The molecule has 0 bridgehead atoms. The standard InChI is InChI=1S/C7H7ClF.Zn/c1-5-4-6(8)2-3-7(5)9;/h2-5H,1H3;/q-1;. The third-order valence-electron chi connectivity index (χ3n) is 1.25. The van der Waals surface area contributed by atoms with Gasteiger partial charge in [0.25, 0.3) is 0 Å². The number of halogens is 2. The van der Waals surface area contributed by atoms with Gasteiger partial charge in [-0.25, -0.2) is 0 Å². The SMILES string of the molecule is CC1C=C(Cl)C=C[C-]1F.[Zn]. The summed E-state index contributed by atoms with van der Waals surface area (Å²) >= 11 is 5.57. The summed E-state index contributed by atoms with van der Waals surface area (Å²) in [6.07, 6.45) is 4.50. The van der Waals surface area contributed by atoms with Gasteiger partial charge in [0.1, 0.15) is 0 Å². The van der Waals surface area contributed by atoms with Crippen LogP contribution in [0.25, 0.3) is 0 Å². The smallest absolute Gasteiger partial charge is 0 e. The van der Waals surface area contributed by atoms with Crippen LogP contribution in [0.15, 0.2) is 23.3 Å². The van der Waals surface area contributed by atoms with Crippen LogP contribution in [0.3, 0.4) is 0 Å². The maximum Gasteiger partial charge on any atom is 0 e. The molecule has 1 aliphatic rings. The summed E-state index contributed by atoms with van der Waals surface area (Å²) in [5.74, 6) is -0.150. The van der Waals surface area contributed by atoms with E-state index in [1.165, 1.54) is 6.08 Å². The van der Waals surface area contributed by atoms with Crippen molar-refractivity contribution in [2.45, 2.75) is 6.92 Å². The fourth-order valence-electron chi connectivity index (χ4n) is 0.685. The predicted octanol–water partition coefficient (Wildman–Crippen LogP) is 2.81. The molecule has 0 fully saturated rings. The van der Waals surface area contributed by atoms with E-state index in [1.807, 2.05) is 0 Å². The summed E-state index contributed by atoms with van der Waals surface area (Å²) in [5.41, 5.74) is 0. The predicted molar refractivity (Wildman–Crippen MR) is 36.6 cm³/mol. The van der Waals surface area contributed by atoms with Gasteiger partial charge in [0.05, 0.1) is 0 Å². The summed E-state index contributed by atoms with van der Waals surface area (Å²) in [7, 11) is 0. The molecule has 0 aromatic heterocycles. The molecule has 1 rings (SSSR count). The first-order valence-electron chi connectivity index (χ1n) is 2.78. The Labute approximate surface area is 77.9 Å². The molecule has 0 saturated carbocycles. The molecule has 0 N–H and O–H groups in total. The first-order chi connectivity index (χ1) is 4.20. The molecule has 0 nitrogen and oxygen atoms in total. The van der Waals surface area contributed by atoms with Crippen LogP contribution in [-0.2, 0) is 19.5 Å². The van der Waals surface area contributed by atoms with Crippen molar-refractivity contribution in [2.75, 3.05) is 0 Å². The third kappa shape index (κ3) is 2.44. The van der Waals surface area contributed by atoms with Gasteiger partial charge in [0, 0.05) is 19.5 Å². The quantitative estimate of drug-likeness (QED) is 0.426. The molecule has 0 heterocycles. The van der Waals surface area contributed by atoms with Crippen molar-refractivity contribution in [2.24, 2.45) is 5.92 Å². The summed E-state index contributed by atoms with van der Waals surface area (Å²) in [5, 5.41) is 0.615.